The fourth-order valence-corrected chi connectivity index (χ4v) is 1.74. The average molecular weight is 266 g/mol. The quantitative estimate of drug-likeness (QED) is 0.764. The summed E-state index contributed by atoms with van der Waals surface area (Å²) in [7, 11) is 2.87. The topological polar surface area (TPSA) is 61.8 Å². The average Bonchev–Trinajstić information content (AvgIpc) is 2.43. The molecule has 0 aliphatic rings. The summed E-state index contributed by atoms with van der Waals surface area (Å²) in [6, 6.07) is 7.00. The summed E-state index contributed by atoms with van der Waals surface area (Å²) < 4.78 is 15.0. The highest BCUT2D eigenvalue weighted by Crippen LogP contribution is 2.28. The third-order valence-electron chi connectivity index (χ3n) is 2.76. The van der Waals surface area contributed by atoms with Gasteiger partial charge in [-0.05, 0) is 24.6 Å². The zero-order chi connectivity index (χ0) is 14.4. The molecular formula is C14H18O5. The van der Waals surface area contributed by atoms with Crippen molar-refractivity contribution < 1.29 is 23.8 Å². The second-order valence-corrected chi connectivity index (χ2v) is 4.12. The van der Waals surface area contributed by atoms with Gasteiger partial charge in [-0.1, -0.05) is 12.1 Å². The first-order valence-electron chi connectivity index (χ1n) is 5.88. The van der Waals surface area contributed by atoms with Crippen molar-refractivity contribution >= 4 is 11.9 Å². The minimum Gasteiger partial charge on any atom is -0.497 e. The fourth-order valence-electron chi connectivity index (χ4n) is 1.74. The molecule has 0 N–H and O–H groups in total. The lowest BCUT2D eigenvalue weighted by molar-refractivity contribution is -0.158. The van der Waals surface area contributed by atoms with Crippen molar-refractivity contribution in [1.29, 1.82) is 0 Å². The van der Waals surface area contributed by atoms with Crippen LogP contribution in [0.5, 0.6) is 5.75 Å². The largest absolute Gasteiger partial charge is 0.497 e. The molecule has 2 atom stereocenters. The van der Waals surface area contributed by atoms with Gasteiger partial charge in [-0.3, -0.25) is 9.59 Å². The Hall–Kier alpha value is -2.04. The van der Waals surface area contributed by atoms with Crippen LogP contribution in [0.1, 0.15) is 25.5 Å². The van der Waals surface area contributed by atoms with Crippen molar-refractivity contribution in [3.63, 3.8) is 0 Å². The number of carbonyl (C=O) groups excluding carboxylic acids is 2. The van der Waals surface area contributed by atoms with E-state index in [1.165, 1.54) is 14.0 Å². The van der Waals surface area contributed by atoms with E-state index in [-0.39, 0.29) is 0 Å². The molecule has 104 valence electrons. The summed E-state index contributed by atoms with van der Waals surface area (Å²) in [5.74, 6) is -0.767. The van der Waals surface area contributed by atoms with Crippen molar-refractivity contribution in [3.8, 4) is 5.75 Å². The molecule has 0 amide bonds. The normalized spacial score (nSPS) is 13.3. The number of methoxy groups -OCH3 is 2. The summed E-state index contributed by atoms with van der Waals surface area (Å²) in [6.45, 7) is 2.96. The van der Waals surface area contributed by atoms with Crippen LogP contribution in [-0.4, -0.2) is 26.2 Å². The first-order valence-corrected chi connectivity index (χ1v) is 5.88. The van der Waals surface area contributed by atoms with Crippen molar-refractivity contribution in [2.75, 3.05) is 14.2 Å². The Labute approximate surface area is 112 Å². The van der Waals surface area contributed by atoms with Gasteiger partial charge in [0, 0.05) is 6.92 Å². The van der Waals surface area contributed by atoms with Gasteiger partial charge in [-0.15, -0.1) is 0 Å². The maximum absolute atomic E-state index is 11.6. The molecule has 0 aliphatic carbocycles. The Morgan fingerprint density at radius 3 is 2.11 bits per heavy atom. The first-order chi connectivity index (χ1) is 8.99. The summed E-state index contributed by atoms with van der Waals surface area (Å²) in [6.07, 6.45) is -0.671. The molecule has 0 unspecified atom stereocenters. The van der Waals surface area contributed by atoms with Crippen molar-refractivity contribution in [2.24, 2.45) is 5.92 Å². The second kappa shape index (κ2) is 6.78. The highest BCUT2D eigenvalue weighted by molar-refractivity contribution is 5.74. The van der Waals surface area contributed by atoms with Crippen LogP contribution in [0.2, 0.25) is 0 Å². The van der Waals surface area contributed by atoms with Crippen LogP contribution >= 0.6 is 0 Å². The highest BCUT2D eigenvalue weighted by atomic mass is 16.6. The minimum absolute atomic E-state index is 0.429. The Bertz CT molecular complexity index is 438. The third-order valence-corrected chi connectivity index (χ3v) is 2.76. The maximum atomic E-state index is 11.6. The van der Waals surface area contributed by atoms with Gasteiger partial charge in [-0.2, -0.15) is 0 Å². The van der Waals surface area contributed by atoms with Crippen LogP contribution in [0.15, 0.2) is 24.3 Å². The lowest BCUT2D eigenvalue weighted by Crippen LogP contribution is -2.24. The Morgan fingerprint density at radius 1 is 1.11 bits per heavy atom. The zero-order valence-corrected chi connectivity index (χ0v) is 11.5. The molecule has 5 heteroatoms. The number of carbonyl (C=O) groups is 2. The standard InChI is InChI=1S/C14H18O5/c1-9(14(16)18-4)13(19-10(2)15)11-5-7-12(17-3)8-6-11/h5-9,13H,1-4H3/t9-,13+/m0/s1. The Kier molecular flexibility index (Phi) is 5.36. The van der Waals surface area contributed by atoms with Gasteiger partial charge < -0.3 is 14.2 Å². The fraction of sp³-hybridized carbons (Fsp3) is 0.429. The van der Waals surface area contributed by atoms with Gasteiger partial charge in [-0.25, -0.2) is 0 Å². The predicted octanol–water partition coefficient (Wildman–Crippen LogP) is 2.11. The van der Waals surface area contributed by atoms with Crippen LogP contribution < -0.4 is 4.74 Å². The van der Waals surface area contributed by atoms with Crippen molar-refractivity contribution in [2.45, 2.75) is 20.0 Å². The lowest BCUT2D eigenvalue weighted by atomic mass is 9.97. The minimum atomic E-state index is -0.671. The third kappa shape index (κ3) is 3.98. The first kappa shape index (κ1) is 15.0. The molecule has 0 heterocycles. The van der Waals surface area contributed by atoms with Crippen LogP contribution in [0, 0.1) is 5.92 Å². The van der Waals surface area contributed by atoms with Gasteiger partial charge in [0.25, 0.3) is 0 Å². The monoisotopic (exact) mass is 266 g/mol. The Balaban J connectivity index is 3.00. The smallest absolute Gasteiger partial charge is 0.312 e. The second-order valence-electron chi connectivity index (χ2n) is 4.12. The number of rotatable bonds is 5. The molecule has 0 aliphatic heterocycles. The van der Waals surface area contributed by atoms with Gasteiger partial charge in [0.2, 0.25) is 0 Å². The summed E-state index contributed by atoms with van der Waals surface area (Å²) in [5.41, 5.74) is 0.717. The van der Waals surface area contributed by atoms with Gasteiger partial charge in [0.15, 0.2) is 0 Å². The van der Waals surface area contributed by atoms with Crippen LogP contribution in [0.3, 0.4) is 0 Å². The van der Waals surface area contributed by atoms with Crippen molar-refractivity contribution in [3.05, 3.63) is 29.8 Å². The SMILES string of the molecule is COC(=O)[C@@H](C)[C@@H](OC(C)=O)c1ccc(OC)cc1. The molecule has 19 heavy (non-hydrogen) atoms. The Morgan fingerprint density at radius 2 is 1.68 bits per heavy atom. The van der Waals surface area contributed by atoms with Gasteiger partial charge >= 0.3 is 11.9 Å². The van der Waals surface area contributed by atoms with Crippen LogP contribution in [0.4, 0.5) is 0 Å². The molecule has 0 aromatic heterocycles. The number of ether oxygens (including phenoxy) is 3. The van der Waals surface area contributed by atoms with Gasteiger partial charge in [0.1, 0.15) is 11.9 Å². The molecule has 0 saturated carbocycles. The van der Waals surface area contributed by atoms with E-state index >= 15 is 0 Å². The maximum Gasteiger partial charge on any atom is 0.312 e. The molecule has 0 saturated heterocycles. The molecule has 0 spiro atoms. The zero-order valence-electron chi connectivity index (χ0n) is 11.5. The van der Waals surface area contributed by atoms with Crippen LogP contribution in [0.25, 0.3) is 0 Å². The summed E-state index contributed by atoms with van der Waals surface area (Å²) in [5, 5.41) is 0. The molecule has 0 fully saturated rings. The van der Waals surface area contributed by atoms with E-state index in [9.17, 15) is 9.59 Å². The van der Waals surface area contributed by atoms with E-state index in [2.05, 4.69) is 4.74 Å². The highest BCUT2D eigenvalue weighted by Gasteiger charge is 2.29. The van der Waals surface area contributed by atoms with E-state index in [0.717, 1.165) is 0 Å². The van der Waals surface area contributed by atoms with E-state index in [0.29, 0.717) is 11.3 Å². The van der Waals surface area contributed by atoms with E-state index < -0.39 is 24.0 Å². The molecule has 5 nitrogen and oxygen atoms in total. The molecular weight excluding hydrogens is 248 g/mol. The summed E-state index contributed by atoms with van der Waals surface area (Å²) in [4.78, 5) is 22.8. The molecule has 0 bridgehead atoms. The molecule has 1 aromatic carbocycles. The lowest BCUT2D eigenvalue weighted by Gasteiger charge is -2.22. The molecule has 1 aromatic rings. The predicted molar refractivity (Wildman–Crippen MR) is 68.7 cm³/mol. The van der Waals surface area contributed by atoms with E-state index in [1.54, 1.807) is 38.3 Å². The summed E-state index contributed by atoms with van der Waals surface area (Å²) >= 11 is 0. The van der Waals surface area contributed by atoms with Crippen LogP contribution in [-0.2, 0) is 19.1 Å². The van der Waals surface area contributed by atoms with Gasteiger partial charge in [0.05, 0.1) is 20.1 Å². The molecule has 0 radical (unpaired) electrons. The number of esters is 2. The number of benzene rings is 1. The van der Waals surface area contributed by atoms with E-state index in [4.69, 9.17) is 9.47 Å². The molecule has 1 rings (SSSR count). The van der Waals surface area contributed by atoms with Crippen molar-refractivity contribution in [1.82, 2.24) is 0 Å². The number of hydrogen-bond donors (Lipinski definition) is 0. The number of hydrogen-bond acceptors (Lipinski definition) is 5. The van der Waals surface area contributed by atoms with E-state index in [1.807, 2.05) is 0 Å².